The lowest BCUT2D eigenvalue weighted by Crippen LogP contribution is -2.27. The maximum atomic E-state index is 12.0. The molecule has 0 fully saturated rings. The number of hydrogen-bond acceptors (Lipinski definition) is 5. The molecule has 0 aliphatic carbocycles. The molecule has 0 saturated carbocycles. The van der Waals surface area contributed by atoms with Crippen molar-refractivity contribution in [2.24, 2.45) is 0 Å². The Hall–Kier alpha value is -3.44. The van der Waals surface area contributed by atoms with Gasteiger partial charge < -0.3 is 5.32 Å². The fourth-order valence-electron chi connectivity index (χ4n) is 2.40. The number of nitrogens with zero attached hydrogens (tertiary/aromatic N) is 4. The molecule has 150 valence electrons. The third kappa shape index (κ3) is 5.53. The number of aromatic amines is 1. The standard InChI is InChI=1S/C18H15ClN6O2.C2H6/c1-11(26)16-9-17(23-22-16)18(27)21-5-7-25-6-4-15(24-25)12-2-3-13(10-20)14(19)8-12;1-2/h2-4,6,8-9H,5,7H2,1H3,(H,21,27)(H,22,23);1-2H3. The summed E-state index contributed by atoms with van der Waals surface area (Å²) < 4.78 is 1.69. The molecule has 0 unspecified atom stereocenters. The second-order valence-electron chi connectivity index (χ2n) is 5.75. The zero-order valence-electron chi connectivity index (χ0n) is 16.4. The minimum Gasteiger partial charge on any atom is -0.349 e. The van der Waals surface area contributed by atoms with Crippen LogP contribution in [-0.2, 0) is 6.54 Å². The largest absolute Gasteiger partial charge is 0.349 e. The molecule has 0 spiro atoms. The minimum atomic E-state index is -0.346. The molecular formula is C20H21ClN6O2. The van der Waals surface area contributed by atoms with Gasteiger partial charge in [0.15, 0.2) is 5.78 Å². The zero-order valence-corrected chi connectivity index (χ0v) is 17.1. The highest BCUT2D eigenvalue weighted by atomic mass is 35.5. The molecule has 9 heteroatoms. The van der Waals surface area contributed by atoms with Crippen LogP contribution in [-0.4, -0.2) is 38.2 Å². The van der Waals surface area contributed by atoms with Crippen LogP contribution >= 0.6 is 11.6 Å². The van der Waals surface area contributed by atoms with E-state index in [1.165, 1.54) is 13.0 Å². The Morgan fingerprint density at radius 3 is 2.66 bits per heavy atom. The molecule has 1 aromatic carbocycles. The Morgan fingerprint density at radius 1 is 1.28 bits per heavy atom. The van der Waals surface area contributed by atoms with Gasteiger partial charge in [-0.3, -0.25) is 19.4 Å². The van der Waals surface area contributed by atoms with Gasteiger partial charge in [0.25, 0.3) is 5.91 Å². The first-order valence-electron chi connectivity index (χ1n) is 9.06. The van der Waals surface area contributed by atoms with Gasteiger partial charge in [0.05, 0.1) is 22.8 Å². The van der Waals surface area contributed by atoms with Crippen molar-refractivity contribution >= 4 is 23.3 Å². The van der Waals surface area contributed by atoms with Crippen molar-refractivity contribution in [3.8, 4) is 17.3 Å². The van der Waals surface area contributed by atoms with E-state index in [-0.39, 0.29) is 23.1 Å². The summed E-state index contributed by atoms with van der Waals surface area (Å²) in [6, 6.07) is 10.4. The smallest absolute Gasteiger partial charge is 0.269 e. The predicted octanol–water partition coefficient (Wildman–Crippen LogP) is 3.46. The Kier molecular flexibility index (Phi) is 7.69. The van der Waals surface area contributed by atoms with E-state index < -0.39 is 0 Å². The molecule has 3 rings (SSSR count). The van der Waals surface area contributed by atoms with E-state index in [1.807, 2.05) is 26.0 Å². The fraction of sp³-hybridized carbons (Fsp3) is 0.250. The van der Waals surface area contributed by atoms with Gasteiger partial charge in [0.1, 0.15) is 17.5 Å². The number of hydrogen-bond donors (Lipinski definition) is 2. The first-order chi connectivity index (χ1) is 14.0. The summed E-state index contributed by atoms with van der Waals surface area (Å²) in [6.07, 6.45) is 1.79. The third-order valence-electron chi connectivity index (χ3n) is 3.84. The summed E-state index contributed by atoms with van der Waals surface area (Å²) in [4.78, 5) is 23.2. The maximum Gasteiger partial charge on any atom is 0.269 e. The average Bonchev–Trinajstić information content (AvgIpc) is 3.39. The summed E-state index contributed by atoms with van der Waals surface area (Å²) in [5, 5.41) is 22.8. The Balaban J connectivity index is 0.00000145. The van der Waals surface area contributed by atoms with Gasteiger partial charge in [0, 0.05) is 25.2 Å². The summed E-state index contributed by atoms with van der Waals surface area (Å²) in [7, 11) is 0. The Labute approximate surface area is 173 Å². The lowest BCUT2D eigenvalue weighted by atomic mass is 10.1. The molecule has 0 saturated heterocycles. The topological polar surface area (TPSA) is 116 Å². The second kappa shape index (κ2) is 10.2. The Bertz CT molecular complexity index is 1050. The van der Waals surface area contributed by atoms with Crippen molar-refractivity contribution in [2.75, 3.05) is 6.54 Å². The van der Waals surface area contributed by atoms with Gasteiger partial charge in [-0.05, 0) is 24.3 Å². The van der Waals surface area contributed by atoms with Crippen LogP contribution in [0.15, 0.2) is 36.5 Å². The lowest BCUT2D eigenvalue weighted by Gasteiger charge is -2.04. The molecular weight excluding hydrogens is 392 g/mol. The normalized spacial score (nSPS) is 9.90. The van der Waals surface area contributed by atoms with Crippen LogP contribution < -0.4 is 5.32 Å². The van der Waals surface area contributed by atoms with Gasteiger partial charge in [0.2, 0.25) is 0 Å². The predicted molar refractivity (Wildman–Crippen MR) is 110 cm³/mol. The van der Waals surface area contributed by atoms with Gasteiger partial charge in [-0.1, -0.05) is 31.5 Å². The number of rotatable bonds is 6. The molecule has 8 nitrogen and oxygen atoms in total. The van der Waals surface area contributed by atoms with Crippen LogP contribution in [0, 0.1) is 11.3 Å². The van der Waals surface area contributed by atoms with Gasteiger partial charge >= 0.3 is 0 Å². The van der Waals surface area contributed by atoms with Crippen LogP contribution in [0.4, 0.5) is 0 Å². The van der Waals surface area contributed by atoms with E-state index in [1.54, 1.807) is 29.1 Å². The fourth-order valence-corrected chi connectivity index (χ4v) is 2.63. The molecule has 3 aromatic rings. The number of nitrogens with one attached hydrogen (secondary N) is 2. The number of nitriles is 1. The molecule has 2 aromatic heterocycles. The molecule has 2 N–H and O–H groups in total. The van der Waals surface area contributed by atoms with E-state index in [9.17, 15) is 9.59 Å². The van der Waals surface area contributed by atoms with Crippen molar-refractivity contribution < 1.29 is 9.59 Å². The second-order valence-corrected chi connectivity index (χ2v) is 6.16. The number of ketones is 1. The number of amides is 1. The highest BCUT2D eigenvalue weighted by Crippen LogP contribution is 2.24. The summed E-state index contributed by atoms with van der Waals surface area (Å²) in [5.74, 6) is -0.557. The first-order valence-corrected chi connectivity index (χ1v) is 9.43. The number of Topliss-reactive ketones (excluding diaryl/α,β-unsaturated/α-hetero) is 1. The maximum absolute atomic E-state index is 12.0. The number of carbonyl (C=O) groups is 2. The number of H-pyrrole nitrogens is 1. The molecule has 1 amide bonds. The van der Waals surface area contributed by atoms with Crippen LogP contribution in [0.5, 0.6) is 0 Å². The highest BCUT2D eigenvalue weighted by Gasteiger charge is 2.12. The average molecular weight is 413 g/mol. The van der Waals surface area contributed by atoms with E-state index >= 15 is 0 Å². The van der Waals surface area contributed by atoms with Crippen molar-refractivity contribution in [2.45, 2.75) is 27.3 Å². The molecule has 29 heavy (non-hydrogen) atoms. The number of halogens is 1. The van der Waals surface area contributed by atoms with E-state index in [2.05, 4.69) is 20.6 Å². The van der Waals surface area contributed by atoms with Crippen LogP contribution in [0.25, 0.3) is 11.3 Å². The van der Waals surface area contributed by atoms with E-state index in [0.29, 0.717) is 29.4 Å². The minimum absolute atomic E-state index is 0.211. The van der Waals surface area contributed by atoms with Crippen molar-refractivity contribution in [1.29, 1.82) is 5.26 Å². The number of benzene rings is 1. The molecule has 0 atom stereocenters. The molecule has 0 radical (unpaired) electrons. The van der Waals surface area contributed by atoms with Crippen molar-refractivity contribution in [1.82, 2.24) is 25.3 Å². The number of aromatic nitrogens is 4. The molecule has 2 heterocycles. The SMILES string of the molecule is CC.CC(=O)c1cc(C(=O)NCCn2ccc(-c3ccc(C#N)c(Cl)c3)n2)[nH]n1. The van der Waals surface area contributed by atoms with Crippen LogP contribution in [0.1, 0.15) is 47.3 Å². The van der Waals surface area contributed by atoms with Gasteiger partial charge in [-0.2, -0.15) is 15.5 Å². The first kappa shape index (κ1) is 21.9. The number of carbonyl (C=O) groups excluding carboxylic acids is 2. The van der Waals surface area contributed by atoms with Crippen LogP contribution in [0.3, 0.4) is 0 Å². The third-order valence-corrected chi connectivity index (χ3v) is 4.15. The summed E-state index contributed by atoms with van der Waals surface area (Å²) >= 11 is 6.05. The van der Waals surface area contributed by atoms with Gasteiger partial charge in [-0.15, -0.1) is 0 Å². The van der Waals surface area contributed by atoms with Gasteiger partial charge in [-0.25, -0.2) is 0 Å². The molecule has 0 aliphatic rings. The summed E-state index contributed by atoms with van der Waals surface area (Å²) in [6.45, 7) is 6.19. The van der Waals surface area contributed by atoms with Crippen LogP contribution in [0.2, 0.25) is 5.02 Å². The van der Waals surface area contributed by atoms with E-state index in [4.69, 9.17) is 16.9 Å². The summed E-state index contributed by atoms with van der Waals surface area (Å²) in [5.41, 5.74) is 2.38. The zero-order chi connectivity index (χ0) is 21.4. The Morgan fingerprint density at radius 2 is 2.03 bits per heavy atom. The van der Waals surface area contributed by atoms with Crippen molar-refractivity contribution in [3.63, 3.8) is 0 Å². The molecule has 0 aliphatic heterocycles. The lowest BCUT2D eigenvalue weighted by molar-refractivity contribution is 0.0946. The van der Waals surface area contributed by atoms with E-state index in [0.717, 1.165) is 5.56 Å². The monoisotopic (exact) mass is 412 g/mol. The van der Waals surface area contributed by atoms with Crippen molar-refractivity contribution in [3.05, 3.63) is 58.5 Å². The quantitative estimate of drug-likeness (QED) is 0.601. The molecule has 0 bridgehead atoms. The highest BCUT2D eigenvalue weighted by molar-refractivity contribution is 6.32.